The summed E-state index contributed by atoms with van der Waals surface area (Å²) in [5.41, 5.74) is 1.16. The molecule has 1 aliphatic heterocycles. The lowest BCUT2D eigenvalue weighted by molar-refractivity contribution is -0.141. The van der Waals surface area contributed by atoms with Crippen LogP contribution in [0.4, 0.5) is 30.4 Å². The van der Waals surface area contributed by atoms with Gasteiger partial charge in [-0.05, 0) is 55.7 Å². The number of nitrogens with one attached hydrogen (secondary N) is 2. The van der Waals surface area contributed by atoms with E-state index < -0.39 is 30.5 Å². The number of amides is 2. The molecule has 10 nitrogen and oxygen atoms in total. The van der Waals surface area contributed by atoms with E-state index in [1.54, 1.807) is 24.3 Å². The molecule has 218 valence electrons. The minimum Gasteiger partial charge on any atom is -0.465 e. The number of nitrogens with zero attached hydrogens (tertiary/aromatic N) is 4. The third kappa shape index (κ3) is 6.19. The quantitative estimate of drug-likeness (QED) is 0.286. The first kappa shape index (κ1) is 28.6. The van der Waals surface area contributed by atoms with Gasteiger partial charge in [-0.25, -0.2) is 9.78 Å². The van der Waals surface area contributed by atoms with Crippen molar-refractivity contribution in [2.45, 2.75) is 32.0 Å². The number of pyridine rings is 1. The summed E-state index contributed by atoms with van der Waals surface area (Å²) in [6, 6.07) is 13.9. The summed E-state index contributed by atoms with van der Waals surface area (Å²) in [4.78, 5) is 45.0. The third-order valence-corrected chi connectivity index (χ3v) is 6.85. The second kappa shape index (κ2) is 11.9. The minimum atomic E-state index is -4.53. The second-order valence-corrected chi connectivity index (χ2v) is 9.72. The monoisotopic (exact) mass is 580 g/mol. The Morgan fingerprint density at radius 2 is 1.71 bits per heavy atom. The van der Waals surface area contributed by atoms with Crippen molar-refractivity contribution in [1.29, 1.82) is 0 Å². The van der Waals surface area contributed by atoms with Crippen LogP contribution in [0.1, 0.15) is 50.5 Å². The van der Waals surface area contributed by atoms with Gasteiger partial charge in [0, 0.05) is 30.2 Å². The molecule has 0 bridgehead atoms. The third-order valence-electron chi connectivity index (χ3n) is 6.85. The van der Waals surface area contributed by atoms with Crippen molar-refractivity contribution in [2.24, 2.45) is 0 Å². The Hall–Kier alpha value is -4.94. The van der Waals surface area contributed by atoms with Gasteiger partial charge in [-0.2, -0.15) is 18.3 Å². The number of anilines is 3. The number of benzene rings is 2. The highest BCUT2D eigenvalue weighted by atomic mass is 19.4. The van der Waals surface area contributed by atoms with Crippen LogP contribution in [0.2, 0.25) is 0 Å². The molecule has 4 aromatic rings. The summed E-state index contributed by atoms with van der Waals surface area (Å²) in [5, 5.41) is 9.65. The van der Waals surface area contributed by atoms with Gasteiger partial charge in [0.25, 0.3) is 11.8 Å². The molecular formula is C29H27F3N6O4. The normalized spacial score (nSPS) is 13.6. The van der Waals surface area contributed by atoms with Gasteiger partial charge in [-0.3, -0.25) is 14.3 Å². The molecule has 0 radical (unpaired) electrons. The van der Waals surface area contributed by atoms with Gasteiger partial charge < -0.3 is 20.3 Å². The van der Waals surface area contributed by atoms with Crippen molar-refractivity contribution < 1.29 is 32.3 Å². The number of esters is 1. The van der Waals surface area contributed by atoms with Gasteiger partial charge in [0.15, 0.2) is 5.69 Å². The number of hydrogen-bond donors (Lipinski definition) is 2. The van der Waals surface area contributed by atoms with Crippen LogP contribution in [0.5, 0.6) is 0 Å². The fourth-order valence-electron chi connectivity index (χ4n) is 4.91. The summed E-state index contributed by atoms with van der Waals surface area (Å²) >= 11 is 0. The predicted octanol–water partition coefficient (Wildman–Crippen LogP) is 5.28. The molecule has 0 unspecified atom stereocenters. The molecule has 0 spiro atoms. The van der Waals surface area contributed by atoms with Gasteiger partial charge in [-0.1, -0.05) is 18.2 Å². The SMILES string of the molecule is COC(=O)c1cccnc1NC(=O)c1ccc(N2CCCCC2)c(NC(=O)c2nn(CC(F)(F)F)c3ccccc23)c1. The van der Waals surface area contributed by atoms with Crippen LogP contribution in [-0.4, -0.2) is 58.9 Å². The fraction of sp³-hybridized carbons (Fsp3) is 0.276. The largest absolute Gasteiger partial charge is 0.465 e. The van der Waals surface area contributed by atoms with Crippen LogP contribution in [0.15, 0.2) is 60.8 Å². The number of hydrogen-bond acceptors (Lipinski definition) is 7. The van der Waals surface area contributed by atoms with Crippen LogP contribution in [0, 0.1) is 0 Å². The van der Waals surface area contributed by atoms with Crippen molar-refractivity contribution >= 4 is 45.9 Å². The molecule has 5 rings (SSSR count). The number of carbonyl (C=O) groups is 3. The maximum atomic E-state index is 13.5. The highest BCUT2D eigenvalue weighted by Gasteiger charge is 2.31. The van der Waals surface area contributed by atoms with E-state index in [0.29, 0.717) is 11.4 Å². The lowest BCUT2D eigenvalue weighted by Crippen LogP contribution is -2.30. The zero-order valence-electron chi connectivity index (χ0n) is 22.6. The molecule has 3 heterocycles. The number of methoxy groups -OCH3 is 1. The molecule has 0 aliphatic carbocycles. The second-order valence-electron chi connectivity index (χ2n) is 9.72. The van der Waals surface area contributed by atoms with Crippen LogP contribution in [-0.2, 0) is 11.3 Å². The number of rotatable bonds is 7. The van der Waals surface area contributed by atoms with Crippen molar-refractivity contribution in [3.63, 3.8) is 0 Å². The van der Waals surface area contributed by atoms with Crippen molar-refractivity contribution in [1.82, 2.24) is 14.8 Å². The maximum absolute atomic E-state index is 13.5. The summed E-state index contributed by atoms with van der Waals surface area (Å²) in [7, 11) is 1.21. The Labute approximate surface area is 238 Å². The van der Waals surface area contributed by atoms with Gasteiger partial charge in [0.2, 0.25) is 0 Å². The maximum Gasteiger partial charge on any atom is 0.408 e. The first-order chi connectivity index (χ1) is 20.1. The number of halogens is 3. The zero-order valence-corrected chi connectivity index (χ0v) is 22.6. The molecular weight excluding hydrogens is 553 g/mol. The van der Waals surface area contributed by atoms with E-state index in [9.17, 15) is 27.6 Å². The van der Waals surface area contributed by atoms with Gasteiger partial charge >= 0.3 is 12.1 Å². The molecule has 2 aromatic carbocycles. The van der Waals surface area contributed by atoms with E-state index in [4.69, 9.17) is 4.74 Å². The molecule has 1 saturated heterocycles. The standard InChI is InChI=1S/C29H27F3N6O4/c1-42-28(41)20-9-7-13-33-25(20)35-26(39)18-11-12-23(37-14-5-2-6-15-37)21(16-18)34-27(40)24-19-8-3-4-10-22(19)38(36-24)17-29(30,31)32/h3-4,7-13,16H,2,5-6,14-15,17H2,1H3,(H,34,40)(H,33,35,39). The Balaban J connectivity index is 1.49. The van der Waals surface area contributed by atoms with Crippen LogP contribution < -0.4 is 15.5 Å². The first-order valence-corrected chi connectivity index (χ1v) is 13.2. The van der Waals surface area contributed by atoms with E-state index in [1.165, 1.54) is 43.6 Å². The van der Waals surface area contributed by atoms with E-state index in [1.807, 2.05) is 0 Å². The number of fused-ring (bicyclic) bond motifs is 1. The first-order valence-electron chi connectivity index (χ1n) is 13.2. The molecule has 2 aromatic heterocycles. The summed E-state index contributed by atoms with van der Waals surface area (Å²) < 4.78 is 45.2. The van der Waals surface area contributed by atoms with Gasteiger partial charge in [-0.15, -0.1) is 0 Å². The van der Waals surface area contributed by atoms with Gasteiger partial charge in [0.1, 0.15) is 17.9 Å². The summed E-state index contributed by atoms with van der Waals surface area (Å²) in [6.07, 6.45) is -0.174. The lowest BCUT2D eigenvalue weighted by Gasteiger charge is -2.30. The number of carbonyl (C=O) groups excluding carboxylic acids is 3. The number of para-hydroxylation sites is 1. The Bertz CT molecular complexity index is 1650. The predicted molar refractivity (Wildman–Crippen MR) is 150 cm³/mol. The molecule has 0 saturated carbocycles. The van der Waals surface area contributed by atoms with E-state index in [0.717, 1.165) is 37.0 Å². The number of aromatic nitrogens is 3. The Morgan fingerprint density at radius 3 is 2.45 bits per heavy atom. The van der Waals surface area contributed by atoms with E-state index >= 15 is 0 Å². The molecule has 2 amide bonds. The minimum absolute atomic E-state index is 0.00159. The van der Waals surface area contributed by atoms with Crippen LogP contribution in [0.25, 0.3) is 10.9 Å². The summed E-state index contributed by atoms with van der Waals surface area (Å²) in [5.74, 6) is -1.99. The molecule has 13 heteroatoms. The summed E-state index contributed by atoms with van der Waals surface area (Å²) in [6.45, 7) is 0.110. The van der Waals surface area contributed by atoms with Crippen LogP contribution in [0.3, 0.4) is 0 Å². The molecule has 2 N–H and O–H groups in total. The Morgan fingerprint density at radius 1 is 0.952 bits per heavy atom. The number of alkyl halides is 3. The van der Waals surface area contributed by atoms with Gasteiger partial charge in [0.05, 0.1) is 24.0 Å². The lowest BCUT2D eigenvalue weighted by atomic mass is 10.1. The molecule has 1 aliphatic rings. The Kier molecular flexibility index (Phi) is 8.09. The van der Waals surface area contributed by atoms with Crippen molar-refractivity contribution in [3.8, 4) is 0 Å². The highest BCUT2D eigenvalue weighted by molar-refractivity contribution is 6.13. The number of ether oxygens (including phenoxy) is 1. The fourth-order valence-corrected chi connectivity index (χ4v) is 4.91. The van der Waals surface area contributed by atoms with E-state index in [-0.39, 0.29) is 33.5 Å². The van der Waals surface area contributed by atoms with E-state index in [2.05, 4.69) is 25.6 Å². The van der Waals surface area contributed by atoms with Crippen molar-refractivity contribution in [2.75, 3.05) is 35.7 Å². The highest BCUT2D eigenvalue weighted by Crippen LogP contribution is 2.32. The zero-order chi connectivity index (χ0) is 29.9. The van der Waals surface area contributed by atoms with Crippen molar-refractivity contribution in [3.05, 3.63) is 77.6 Å². The molecule has 0 atom stereocenters. The molecule has 42 heavy (non-hydrogen) atoms. The molecule has 1 fully saturated rings. The average Bonchev–Trinajstić information content (AvgIpc) is 3.34. The van der Waals surface area contributed by atoms with Crippen LogP contribution >= 0.6 is 0 Å². The topological polar surface area (TPSA) is 118 Å². The number of piperidine rings is 1. The average molecular weight is 581 g/mol. The smallest absolute Gasteiger partial charge is 0.408 e.